The predicted octanol–water partition coefficient (Wildman–Crippen LogP) is 3.33. The SMILES string of the molecule is C[C@]12C[C@@H](F)/C(=N/OC3CNC3)CC1/C(=N/O)C[C@@H]1[C@@H]2CC[C@]2(C)C(=O)CC[C@@H]12. The molecule has 160 valence electrons. The smallest absolute Gasteiger partial charge is 0.152 e. The zero-order valence-electron chi connectivity index (χ0n) is 17.4. The lowest BCUT2D eigenvalue weighted by Crippen LogP contribution is -2.58. The summed E-state index contributed by atoms with van der Waals surface area (Å²) in [6.45, 7) is 5.81. The third-order valence-electron chi connectivity index (χ3n) is 9.22. The molecule has 0 amide bonds. The number of nitrogens with one attached hydrogen (secondary N) is 1. The molecule has 1 aliphatic heterocycles. The van der Waals surface area contributed by atoms with E-state index in [1.54, 1.807) is 0 Å². The molecule has 0 aromatic rings. The van der Waals surface area contributed by atoms with Crippen molar-refractivity contribution < 1.29 is 19.2 Å². The van der Waals surface area contributed by atoms with E-state index >= 15 is 4.39 Å². The van der Waals surface area contributed by atoms with Gasteiger partial charge in [-0.2, -0.15) is 0 Å². The highest BCUT2D eigenvalue weighted by molar-refractivity contribution is 5.97. The first-order chi connectivity index (χ1) is 13.9. The van der Waals surface area contributed by atoms with Gasteiger partial charge >= 0.3 is 0 Å². The van der Waals surface area contributed by atoms with Gasteiger partial charge in [0.05, 0.1) is 11.4 Å². The summed E-state index contributed by atoms with van der Waals surface area (Å²) < 4.78 is 15.2. The summed E-state index contributed by atoms with van der Waals surface area (Å²) >= 11 is 0. The number of ketones is 1. The Balaban J connectivity index is 1.43. The van der Waals surface area contributed by atoms with Gasteiger partial charge in [0, 0.05) is 37.3 Å². The molecule has 1 saturated heterocycles. The molecule has 0 aromatic carbocycles. The van der Waals surface area contributed by atoms with Gasteiger partial charge in [0.15, 0.2) is 6.10 Å². The summed E-state index contributed by atoms with van der Waals surface area (Å²) in [6.07, 6.45) is 3.91. The summed E-state index contributed by atoms with van der Waals surface area (Å²) in [5, 5.41) is 20.9. The van der Waals surface area contributed by atoms with Crippen molar-refractivity contribution in [2.45, 2.75) is 71.1 Å². The first kappa shape index (κ1) is 19.5. The third-order valence-corrected chi connectivity index (χ3v) is 9.22. The Morgan fingerprint density at radius 1 is 1.17 bits per heavy atom. The second kappa shape index (κ2) is 6.76. The number of halogens is 1. The minimum absolute atomic E-state index is 0.0101. The van der Waals surface area contributed by atoms with Crippen LogP contribution in [0.2, 0.25) is 0 Å². The maximum atomic E-state index is 15.2. The lowest BCUT2D eigenvalue weighted by atomic mass is 9.44. The van der Waals surface area contributed by atoms with Gasteiger partial charge in [-0.15, -0.1) is 0 Å². The molecule has 4 aliphatic carbocycles. The number of oxime groups is 2. The molecule has 5 aliphatic rings. The molecule has 0 bridgehead atoms. The Morgan fingerprint density at radius 3 is 2.66 bits per heavy atom. The lowest BCUT2D eigenvalue weighted by molar-refractivity contribution is -0.133. The number of rotatable bonds is 2. The molecule has 29 heavy (non-hydrogen) atoms. The van der Waals surface area contributed by atoms with E-state index < -0.39 is 6.17 Å². The van der Waals surface area contributed by atoms with E-state index in [2.05, 4.69) is 29.5 Å². The summed E-state index contributed by atoms with van der Waals surface area (Å²) in [5.74, 6) is 1.36. The fourth-order valence-corrected chi connectivity index (χ4v) is 7.35. The summed E-state index contributed by atoms with van der Waals surface area (Å²) in [7, 11) is 0. The highest BCUT2D eigenvalue weighted by Gasteiger charge is 2.62. The average Bonchev–Trinajstić information content (AvgIpc) is 2.95. The van der Waals surface area contributed by atoms with Crippen molar-refractivity contribution in [3.63, 3.8) is 0 Å². The molecule has 7 atom stereocenters. The monoisotopic (exact) mass is 405 g/mol. The summed E-state index contributed by atoms with van der Waals surface area (Å²) in [6, 6.07) is 0. The van der Waals surface area contributed by atoms with E-state index in [0.29, 0.717) is 54.9 Å². The van der Waals surface area contributed by atoms with Gasteiger partial charge in [-0.1, -0.05) is 24.2 Å². The number of nitrogens with zero attached hydrogens (tertiary/aromatic N) is 2. The topological polar surface area (TPSA) is 83.3 Å². The maximum absolute atomic E-state index is 15.2. The van der Waals surface area contributed by atoms with Crippen molar-refractivity contribution in [2.24, 2.45) is 44.8 Å². The van der Waals surface area contributed by atoms with Gasteiger partial charge in [-0.3, -0.25) is 4.79 Å². The van der Waals surface area contributed by atoms with Crippen molar-refractivity contribution >= 4 is 17.2 Å². The third kappa shape index (κ3) is 2.79. The molecule has 1 heterocycles. The number of carbonyl (C=O) groups excluding carboxylic acids is 1. The van der Waals surface area contributed by atoms with E-state index in [1.807, 2.05) is 0 Å². The van der Waals surface area contributed by atoms with E-state index in [-0.39, 0.29) is 22.9 Å². The summed E-state index contributed by atoms with van der Waals surface area (Å²) in [5.41, 5.74) is 0.706. The van der Waals surface area contributed by atoms with Crippen LogP contribution >= 0.6 is 0 Å². The zero-order valence-corrected chi connectivity index (χ0v) is 17.4. The van der Waals surface area contributed by atoms with E-state index in [9.17, 15) is 10.0 Å². The highest BCUT2D eigenvalue weighted by atomic mass is 19.1. The number of alkyl halides is 1. The first-order valence-electron chi connectivity index (χ1n) is 11.2. The van der Waals surface area contributed by atoms with Crippen LogP contribution in [-0.2, 0) is 9.63 Å². The van der Waals surface area contributed by atoms with Crippen molar-refractivity contribution in [1.82, 2.24) is 5.32 Å². The van der Waals surface area contributed by atoms with Crippen LogP contribution in [0.1, 0.15) is 58.8 Å². The van der Waals surface area contributed by atoms with Crippen LogP contribution in [0.3, 0.4) is 0 Å². The van der Waals surface area contributed by atoms with E-state index in [1.165, 1.54) is 0 Å². The number of carbonyl (C=O) groups is 1. The standard InChI is InChI=1S/C22H32FN3O3/c1-21-6-5-15-13(14(21)3-4-20(21)27)7-18(25-28)16-8-19(17(23)9-22(15,16)2)26-29-12-10-24-11-12/h12-17,24,28H,3-11H2,1-2H3/b25-18+,26-19+/t13-,14-,15-,16?,17+,21-,22+/m0/s1. The van der Waals surface area contributed by atoms with Gasteiger partial charge in [0.2, 0.25) is 0 Å². The fourth-order valence-electron chi connectivity index (χ4n) is 7.35. The predicted molar refractivity (Wildman–Crippen MR) is 107 cm³/mol. The van der Waals surface area contributed by atoms with Crippen LogP contribution in [0.15, 0.2) is 10.3 Å². The Kier molecular flexibility index (Phi) is 4.53. The molecular weight excluding hydrogens is 373 g/mol. The molecule has 0 aromatic heterocycles. The van der Waals surface area contributed by atoms with Crippen LogP contribution in [0, 0.1) is 34.5 Å². The Hall–Kier alpha value is -1.50. The average molecular weight is 406 g/mol. The van der Waals surface area contributed by atoms with Gasteiger partial charge in [0.1, 0.15) is 12.0 Å². The minimum atomic E-state index is -1.12. The van der Waals surface area contributed by atoms with Gasteiger partial charge < -0.3 is 15.4 Å². The number of fused-ring (bicyclic) bond motifs is 5. The molecule has 0 spiro atoms. The highest BCUT2D eigenvalue weighted by Crippen LogP contribution is 2.64. The van der Waals surface area contributed by atoms with Crippen molar-refractivity contribution in [2.75, 3.05) is 13.1 Å². The van der Waals surface area contributed by atoms with E-state index in [4.69, 9.17) is 4.84 Å². The quantitative estimate of drug-likeness (QED) is 0.545. The number of Topliss-reactive ketones (excluding diaryl/α,β-unsaturated/α-hetero) is 1. The largest absolute Gasteiger partial charge is 0.411 e. The summed E-state index contributed by atoms with van der Waals surface area (Å²) in [4.78, 5) is 18.1. The molecular formula is C22H32FN3O3. The van der Waals surface area contributed by atoms with E-state index in [0.717, 1.165) is 38.1 Å². The zero-order chi connectivity index (χ0) is 20.4. The van der Waals surface area contributed by atoms with Crippen LogP contribution < -0.4 is 5.32 Å². The van der Waals surface area contributed by atoms with Crippen molar-refractivity contribution in [3.05, 3.63) is 0 Å². The Bertz CT molecular complexity index is 766. The number of hydrogen-bond acceptors (Lipinski definition) is 6. The minimum Gasteiger partial charge on any atom is -0.411 e. The second-order valence-corrected chi connectivity index (χ2v) is 10.5. The van der Waals surface area contributed by atoms with Crippen molar-refractivity contribution in [1.29, 1.82) is 0 Å². The van der Waals surface area contributed by atoms with Crippen LogP contribution in [0.5, 0.6) is 0 Å². The molecule has 6 nitrogen and oxygen atoms in total. The molecule has 4 saturated carbocycles. The lowest BCUT2D eigenvalue weighted by Gasteiger charge is -2.59. The first-order valence-corrected chi connectivity index (χ1v) is 11.2. The fraction of sp³-hybridized carbons (Fsp3) is 0.864. The second-order valence-electron chi connectivity index (χ2n) is 10.5. The van der Waals surface area contributed by atoms with Gasteiger partial charge in [-0.05, 0) is 55.3 Å². The normalized spacial score (nSPS) is 50.0. The maximum Gasteiger partial charge on any atom is 0.152 e. The van der Waals surface area contributed by atoms with Crippen LogP contribution in [0.25, 0.3) is 0 Å². The molecule has 5 rings (SSSR count). The molecule has 1 unspecified atom stereocenters. The van der Waals surface area contributed by atoms with Gasteiger partial charge in [-0.25, -0.2) is 4.39 Å². The van der Waals surface area contributed by atoms with Crippen molar-refractivity contribution in [3.8, 4) is 0 Å². The molecule has 5 fully saturated rings. The number of hydrogen-bond donors (Lipinski definition) is 2. The van der Waals surface area contributed by atoms with Crippen LogP contribution in [-0.4, -0.2) is 47.8 Å². The molecule has 0 radical (unpaired) electrons. The van der Waals surface area contributed by atoms with Gasteiger partial charge in [0.25, 0.3) is 0 Å². The Labute approximate surface area is 171 Å². The Morgan fingerprint density at radius 2 is 1.97 bits per heavy atom. The molecule has 7 heteroatoms. The van der Waals surface area contributed by atoms with Crippen LogP contribution in [0.4, 0.5) is 4.39 Å². The molecule has 2 N–H and O–H groups in total.